The Kier molecular flexibility index (Phi) is 38.7. The van der Waals surface area contributed by atoms with E-state index in [0.717, 1.165) is 0 Å². The van der Waals surface area contributed by atoms with Crippen LogP contribution in [0.25, 0.3) is 0 Å². The second-order valence-corrected chi connectivity index (χ2v) is 35.4. The van der Waals surface area contributed by atoms with Gasteiger partial charge in [0.25, 0.3) is 0 Å². The van der Waals surface area contributed by atoms with Gasteiger partial charge in [0, 0.05) is 26.3 Å². The maximum Gasteiger partial charge on any atom is 0.248 e. The molecule has 666 valence electrons. The average molecular weight is 1670 g/mol. The van der Waals surface area contributed by atoms with Crippen LogP contribution in [-0.4, -0.2) is 241 Å². The zero-order chi connectivity index (χ0) is 91.9. The second kappa shape index (κ2) is 43.5. The molecule has 20 amide bonds. The van der Waals surface area contributed by atoms with Crippen molar-refractivity contribution in [1.82, 2.24) is 95.3 Å². The standard InChI is InChI=1S/C77H132N20O21/c1-38(2)34-47(59(108)94-76(23,24)68(117)96-74(19,20)66(115)86-45(29-31-51(78)100)57(106)85-49(37-98)40(5)6)84-61(110)50-28-27-33-97(50)69(118)77(25,26)91-56(105)43(9)82-54(103)41(7)81-55(104)42(8)83-63(112)73(17,18)95-67(116)75(21,22)92-58(107)46(30-32-52(79)101)87-65(114)72(15,16)93-60(109)48(35-39(3)4)88-64(113)71(13,14)90-53(102)36-80-62(111)70(11,12)89-44(10)99/h37-43,45-50H,27-36H2,1-26H3,(H2,78,100)(H2,79,101)(H,80,111)(H,81,104)(H,82,103)(H,83,112)(H,84,110)(H,85,106)(H,86,115)(H,87,114)(H,88,113)(H,89,99)(H,90,102)(H,91,105)(H,92,107)(H,93,109)(H,94,108)(H,95,116)(H,96,117). The summed E-state index contributed by atoms with van der Waals surface area (Å²) in [6.07, 6.45) is -0.300. The number of hydrogen-bond donors (Lipinski definition) is 19. The number of carbonyl (C=O) groups excluding carboxylic acids is 21. The molecular weight excluding hydrogens is 1540 g/mol. The van der Waals surface area contributed by atoms with Gasteiger partial charge in [0.05, 0.1) is 12.6 Å². The van der Waals surface area contributed by atoms with E-state index in [2.05, 4.69) is 90.4 Å². The highest BCUT2D eigenvalue weighted by atomic mass is 16.2. The van der Waals surface area contributed by atoms with E-state index in [1.54, 1.807) is 41.5 Å². The molecule has 1 saturated heterocycles. The summed E-state index contributed by atoms with van der Waals surface area (Å²) in [4.78, 5) is 281. The molecule has 21 N–H and O–H groups in total. The first-order chi connectivity index (χ1) is 53.6. The van der Waals surface area contributed by atoms with Crippen LogP contribution in [0.4, 0.5) is 0 Å². The Bertz CT molecular complexity index is 3770. The lowest BCUT2D eigenvalue weighted by Crippen LogP contribution is -2.66. The highest BCUT2D eigenvalue weighted by Crippen LogP contribution is 2.24. The molecular formula is C77H132N20O21. The van der Waals surface area contributed by atoms with Crippen LogP contribution < -0.4 is 102 Å². The lowest BCUT2D eigenvalue weighted by molar-refractivity contribution is -0.145. The van der Waals surface area contributed by atoms with Crippen molar-refractivity contribution in [1.29, 1.82) is 0 Å². The Morgan fingerprint density at radius 1 is 0.373 bits per heavy atom. The van der Waals surface area contributed by atoms with E-state index in [1.807, 2.05) is 0 Å². The first-order valence-corrected chi connectivity index (χ1v) is 39.2. The maximum atomic E-state index is 14.3. The molecule has 1 heterocycles. The smallest absolute Gasteiger partial charge is 0.248 e. The molecule has 0 radical (unpaired) electrons. The lowest BCUT2D eigenvalue weighted by atomic mass is 9.96. The van der Waals surface area contributed by atoms with Crippen LogP contribution in [0.2, 0.25) is 0 Å². The van der Waals surface area contributed by atoms with Crippen molar-refractivity contribution >= 4 is 124 Å². The number of nitrogens with one attached hydrogen (secondary N) is 17. The van der Waals surface area contributed by atoms with Gasteiger partial charge in [-0.3, -0.25) is 95.9 Å². The number of aldehydes is 1. The van der Waals surface area contributed by atoms with Gasteiger partial charge in [-0.05, 0) is 188 Å². The lowest BCUT2D eigenvalue weighted by Gasteiger charge is -2.35. The molecule has 9 atom stereocenters. The van der Waals surface area contributed by atoms with Gasteiger partial charge in [-0.2, -0.15) is 0 Å². The number of hydrogen-bond acceptors (Lipinski definition) is 21. The van der Waals surface area contributed by atoms with Crippen LogP contribution in [0.15, 0.2) is 0 Å². The predicted octanol–water partition coefficient (Wildman–Crippen LogP) is -4.31. The van der Waals surface area contributed by atoms with Crippen LogP contribution >= 0.6 is 0 Å². The van der Waals surface area contributed by atoms with Crippen molar-refractivity contribution in [3.8, 4) is 0 Å². The van der Waals surface area contributed by atoms with E-state index in [-0.39, 0.29) is 56.4 Å². The van der Waals surface area contributed by atoms with Gasteiger partial charge in [0.15, 0.2) is 0 Å². The Morgan fingerprint density at radius 2 is 0.712 bits per heavy atom. The van der Waals surface area contributed by atoms with Crippen molar-refractivity contribution in [2.45, 2.75) is 330 Å². The van der Waals surface area contributed by atoms with Gasteiger partial charge >= 0.3 is 0 Å². The first-order valence-electron chi connectivity index (χ1n) is 39.2. The Balaban J connectivity index is 3.10. The molecule has 0 aliphatic carbocycles. The summed E-state index contributed by atoms with van der Waals surface area (Å²) in [6.45, 7) is 36.2. The van der Waals surface area contributed by atoms with Crippen molar-refractivity contribution in [3.05, 3.63) is 0 Å². The van der Waals surface area contributed by atoms with Gasteiger partial charge in [-0.1, -0.05) is 41.5 Å². The van der Waals surface area contributed by atoms with Crippen molar-refractivity contribution in [2.24, 2.45) is 29.2 Å². The fourth-order valence-electron chi connectivity index (χ4n) is 11.5. The molecule has 0 saturated carbocycles. The molecule has 0 aromatic heterocycles. The van der Waals surface area contributed by atoms with Gasteiger partial charge in [0.1, 0.15) is 98.9 Å². The van der Waals surface area contributed by atoms with Gasteiger partial charge < -0.3 is 112 Å². The third-order valence-corrected chi connectivity index (χ3v) is 19.0. The van der Waals surface area contributed by atoms with E-state index in [4.69, 9.17) is 11.5 Å². The number of nitrogens with two attached hydrogens (primary N) is 2. The summed E-state index contributed by atoms with van der Waals surface area (Å²) in [5.41, 5.74) is -3.12. The number of carbonyl (C=O) groups is 21. The largest absolute Gasteiger partial charge is 0.370 e. The average Bonchev–Trinajstić information content (AvgIpc) is 1.72. The fraction of sp³-hybridized carbons (Fsp3) is 0.727. The molecule has 0 aromatic rings. The maximum absolute atomic E-state index is 14.3. The minimum Gasteiger partial charge on any atom is -0.370 e. The summed E-state index contributed by atoms with van der Waals surface area (Å²) in [6, 6.07) is -11.7. The van der Waals surface area contributed by atoms with Crippen molar-refractivity contribution < 1.29 is 101 Å². The number of nitrogens with zero attached hydrogens (tertiary/aromatic N) is 1. The Hall–Kier alpha value is -10.9. The van der Waals surface area contributed by atoms with Gasteiger partial charge in [-0.15, -0.1) is 0 Å². The van der Waals surface area contributed by atoms with Crippen LogP contribution in [0.3, 0.4) is 0 Å². The van der Waals surface area contributed by atoms with E-state index < -0.39 is 236 Å². The van der Waals surface area contributed by atoms with Crippen LogP contribution in [0, 0.1) is 17.8 Å². The third-order valence-electron chi connectivity index (χ3n) is 19.0. The third kappa shape index (κ3) is 33.6. The molecule has 9 unspecified atom stereocenters. The SMILES string of the molecule is CC(=O)NC(C)(C)C(=O)NCC(=O)NC(C)(C)C(=O)NC(CC(C)C)C(=O)NC(C)(C)C(=O)NC(CCC(N)=O)C(=O)NC(C)(C)C(=O)NC(C)(C)C(=O)NC(C)C(=O)NC(C)C(=O)NC(C)C(=O)NC(C)(C)C(=O)N1CCCC1C(=O)NC(CC(C)C)C(=O)NC(C)(C)C(=O)NC(C)(C)C(=O)NC(CCC(N)=O)C(=O)NC(C=O)C(C)C. The second-order valence-electron chi connectivity index (χ2n) is 35.4. The van der Waals surface area contributed by atoms with Crippen molar-refractivity contribution in [2.75, 3.05) is 13.1 Å². The van der Waals surface area contributed by atoms with E-state index in [1.165, 1.54) is 143 Å². The highest BCUT2D eigenvalue weighted by Gasteiger charge is 2.47. The molecule has 1 aliphatic rings. The molecule has 41 heteroatoms. The molecule has 1 fully saturated rings. The zero-order valence-corrected chi connectivity index (χ0v) is 73.3. The normalized spacial score (nSPS) is 15.5. The molecule has 0 aromatic carbocycles. The first kappa shape index (κ1) is 105. The Labute approximate surface area is 690 Å². The number of rotatable bonds is 46. The van der Waals surface area contributed by atoms with Crippen LogP contribution in [-0.2, 0) is 101 Å². The number of likely N-dealkylation sites (tertiary alicyclic amines) is 1. The topological polar surface area (TPSA) is 618 Å². The summed E-state index contributed by atoms with van der Waals surface area (Å²) in [5.74, 6) is -17.3. The summed E-state index contributed by atoms with van der Waals surface area (Å²) in [7, 11) is 0. The fourth-order valence-corrected chi connectivity index (χ4v) is 11.5. The van der Waals surface area contributed by atoms with Crippen LogP contribution in [0.1, 0.15) is 231 Å². The minimum absolute atomic E-state index is 0.0299. The molecule has 118 heavy (non-hydrogen) atoms. The van der Waals surface area contributed by atoms with E-state index in [0.29, 0.717) is 12.7 Å². The monoisotopic (exact) mass is 1670 g/mol. The van der Waals surface area contributed by atoms with E-state index >= 15 is 0 Å². The predicted molar refractivity (Wildman–Crippen MR) is 430 cm³/mol. The van der Waals surface area contributed by atoms with E-state index in [9.17, 15) is 101 Å². The quantitative estimate of drug-likeness (QED) is 0.0256. The molecule has 0 spiro atoms. The summed E-state index contributed by atoms with van der Waals surface area (Å²) in [5, 5.41) is 42.8. The Morgan fingerprint density at radius 3 is 1.11 bits per heavy atom. The van der Waals surface area contributed by atoms with Crippen LogP contribution in [0.5, 0.6) is 0 Å². The minimum atomic E-state index is -1.89. The van der Waals surface area contributed by atoms with Gasteiger partial charge in [-0.25, -0.2) is 0 Å². The summed E-state index contributed by atoms with van der Waals surface area (Å²) >= 11 is 0. The van der Waals surface area contributed by atoms with Gasteiger partial charge in [0.2, 0.25) is 118 Å². The number of primary amides is 2. The summed E-state index contributed by atoms with van der Waals surface area (Å²) < 4.78 is 0. The molecule has 41 nitrogen and oxygen atoms in total. The molecule has 0 bridgehead atoms. The van der Waals surface area contributed by atoms with Crippen molar-refractivity contribution in [3.63, 3.8) is 0 Å². The molecule has 1 rings (SSSR count). The highest BCUT2D eigenvalue weighted by molar-refractivity contribution is 6.04. The molecule has 1 aliphatic heterocycles. The number of amides is 20. The zero-order valence-electron chi connectivity index (χ0n) is 73.3.